The van der Waals surface area contributed by atoms with E-state index in [0.29, 0.717) is 6.54 Å². The van der Waals surface area contributed by atoms with E-state index >= 15 is 0 Å². The second kappa shape index (κ2) is 6.48. The maximum atomic E-state index is 11.3. The predicted molar refractivity (Wildman–Crippen MR) is 62.1 cm³/mol. The van der Waals surface area contributed by atoms with Crippen LogP contribution in [0.3, 0.4) is 0 Å². The third-order valence-corrected chi connectivity index (χ3v) is 3.06. The number of carbonyl (C=O) groups excluding carboxylic acids is 1. The van der Waals surface area contributed by atoms with Crippen molar-refractivity contribution in [3.8, 4) is 0 Å². The van der Waals surface area contributed by atoms with E-state index < -0.39 is 11.9 Å². The molecule has 0 radical (unpaired) electrons. The maximum Gasteiger partial charge on any atom is 0.307 e. The van der Waals surface area contributed by atoms with Gasteiger partial charge >= 0.3 is 5.97 Å². The molecule has 0 heterocycles. The summed E-state index contributed by atoms with van der Waals surface area (Å²) < 4.78 is 0. The fourth-order valence-electron chi connectivity index (χ4n) is 1.52. The number of carbonyl (C=O) groups is 2. The first-order valence-corrected chi connectivity index (χ1v) is 5.45. The molecule has 16 heavy (non-hydrogen) atoms. The van der Waals surface area contributed by atoms with Gasteiger partial charge in [-0.1, -0.05) is 13.8 Å². The van der Waals surface area contributed by atoms with Gasteiger partial charge in [0.25, 0.3) is 0 Å². The van der Waals surface area contributed by atoms with E-state index in [2.05, 4.69) is 5.32 Å². The van der Waals surface area contributed by atoms with Gasteiger partial charge in [-0.3, -0.25) is 9.59 Å². The average molecular weight is 230 g/mol. The second-order valence-corrected chi connectivity index (χ2v) is 4.32. The molecule has 0 bridgehead atoms. The van der Waals surface area contributed by atoms with Crippen LogP contribution in [0.5, 0.6) is 0 Å². The first-order chi connectivity index (χ1) is 7.31. The lowest BCUT2D eigenvalue weighted by molar-refractivity contribution is -0.143. The zero-order chi connectivity index (χ0) is 12.9. The molecule has 5 nitrogen and oxygen atoms in total. The number of hydrogen-bond donors (Lipinski definition) is 2. The van der Waals surface area contributed by atoms with E-state index in [1.165, 1.54) is 0 Å². The minimum absolute atomic E-state index is 0.0259. The highest BCUT2D eigenvalue weighted by atomic mass is 16.4. The van der Waals surface area contributed by atoms with Crippen LogP contribution in [-0.2, 0) is 9.59 Å². The zero-order valence-electron chi connectivity index (χ0n) is 10.7. The van der Waals surface area contributed by atoms with Crippen LogP contribution in [0.25, 0.3) is 0 Å². The van der Waals surface area contributed by atoms with Gasteiger partial charge in [-0.25, -0.2) is 0 Å². The Morgan fingerprint density at radius 3 is 2.19 bits per heavy atom. The quantitative estimate of drug-likeness (QED) is 0.693. The van der Waals surface area contributed by atoms with Crippen LogP contribution in [-0.4, -0.2) is 48.6 Å². The van der Waals surface area contributed by atoms with Crippen LogP contribution in [0, 0.1) is 11.8 Å². The molecular formula is C11H22N2O3. The lowest BCUT2D eigenvalue weighted by Crippen LogP contribution is -2.42. The zero-order valence-corrected chi connectivity index (χ0v) is 10.7. The molecule has 0 aliphatic rings. The molecule has 0 aromatic rings. The van der Waals surface area contributed by atoms with Crippen LogP contribution in [0.15, 0.2) is 0 Å². The van der Waals surface area contributed by atoms with E-state index in [-0.39, 0.29) is 17.9 Å². The number of nitrogens with zero attached hydrogens (tertiary/aromatic N) is 1. The molecule has 5 heteroatoms. The van der Waals surface area contributed by atoms with Gasteiger partial charge in [0, 0.05) is 25.6 Å². The monoisotopic (exact) mass is 230 g/mol. The van der Waals surface area contributed by atoms with Crippen molar-refractivity contribution in [1.82, 2.24) is 10.2 Å². The lowest BCUT2D eigenvalue weighted by atomic mass is 10.0. The van der Waals surface area contributed by atoms with Crippen molar-refractivity contribution in [2.45, 2.75) is 26.8 Å². The first kappa shape index (κ1) is 14.9. The van der Waals surface area contributed by atoms with Gasteiger partial charge in [0.1, 0.15) is 0 Å². The fourth-order valence-corrected chi connectivity index (χ4v) is 1.52. The van der Waals surface area contributed by atoms with E-state index in [1.807, 2.05) is 25.8 Å². The van der Waals surface area contributed by atoms with Crippen molar-refractivity contribution in [3.05, 3.63) is 0 Å². The van der Waals surface area contributed by atoms with Gasteiger partial charge in [-0.15, -0.1) is 0 Å². The van der Waals surface area contributed by atoms with E-state index in [1.54, 1.807) is 14.0 Å². The number of hydrogen-bond acceptors (Lipinski definition) is 3. The first-order valence-electron chi connectivity index (χ1n) is 5.45. The molecule has 0 aromatic carbocycles. The molecular weight excluding hydrogens is 208 g/mol. The van der Waals surface area contributed by atoms with Gasteiger partial charge < -0.3 is 15.3 Å². The van der Waals surface area contributed by atoms with Crippen molar-refractivity contribution in [2.24, 2.45) is 11.8 Å². The summed E-state index contributed by atoms with van der Waals surface area (Å²) in [5.41, 5.74) is 0. The molecule has 0 spiro atoms. The number of nitrogens with one attached hydrogen (secondary N) is 1. The van der Waals surface area contributed by atoms with Gasteiger partial charge in [-0.2, -0.15) is 0 Å². The molecule has 0 rings (SSSR count). The highest BCUT2D eigenvalue weighted by Gasteiger charge is 2.25. The Kier molecular flexibility index (Phi) is 6.03. The molecule has 0 aromatic heterocycles. The minimum Gasteiger partial charge on any atom is -0.481 e. The Balaban J connectivity index is 4.29. The molecule has 0 aliphatic carbocycles. The summed E-state index contributed by atoms with van der Waals surface area (Å²) in [6, 6.07) is -0.0930. The van der Waals surface area contributed by atoms with Crippen molar-refractivity contribution in [1.29, 1.82) is 0 Å². The average Bonchev–Trinajstić information content (AvgIpc) is 2.25. The smallest absolute Gasteiger partial charge is 0.307 e. The SMILES string of the molecule is CNC(=O)C(C)CN(C)C(C)C(C)C(=O)O. The second-order valence-electron chi connectivity index (χ2n) is 4.32. The number of carboxylic acids is 1. The van der Waals surface area contributed by atoms with Gasteiger partial charge in [-0.05, 0) is 14.0 Å². The molecule has 94 valence electrons. The van der Waals surface area contributed by atoms with E-state index in [4.69, 9.17) is 5.11 Å². The fraction of sp³-hybridized carbons (Fsp3) is 0.818. The van der Waals surface area contributed by atoms with Crippen LogP contribution >= 0.6 is 0 Å². The Bertz CT molecular complexity index is 256. The molecule has 3 atom stereocenters. The molecule has 3 unspecified atom stereocenters. The van der Waals surface area contributed by atoms with Crippen LogP contribution in [0.2, 0.25) is 0 Å². The number of carboxylic acid groups (broad SMARTS) is 1. The molecule has 0 aliphatic heterocycles. The third-order valence-electron chi connectivity index (χ3n) is 3.06. The highest BCUT2D eigenvalue weighted by Crippen LogP contribution is 2.11. The van der Waals surface area contributed by atoms with Crippen molar-refractivity contribution < 1.29 is 14.7 Å². The predicted octanol–water partition coefficient (Wildman–Crippen LogP) is 0.410. The molecule has 0 fully saturated rings. The topological polar surface area (TPSA) is 69.6 Å². The standard InChI is InChI=1S/C11H22N2O3/c1-7(10(14)12-4)6-13(5)9(3)8(2)11(15)16/h7-9H,6H2,1-5H3,(H,12,14)(H,15,16). The van der Waals surface area contributed by atoms with Gasteiger partial charge in [0.05, 0.1) is 5.92 Å². The van der Waals surface area contributed by atoms with Crippen molar-refractivity contribution >= 4 is 11.9 Å². The largest absolute Gasteiger partial charge is 0.481 e. The normalized spacial score (nSPS) is 16.6. The molecule has 2 N–H and O–H groups in total. The number of amides is 1. The van der Waals surface area contributed by atoms with Crippen LogP contribution in [0.1, 0.15) is 20.8 Å². The summed E-state index contributed by atoms with van der Waals surface area (Å²) in [7, 11) is 3.44. The van der Waals surface area contributed by atoms with Gasteiger partial charge in [0.15, 0.2) is 0 Å². The van der Waals surface area contributed by atoms with Gasteiger partial charge in [0.2, 0.25) is 5.91 Å². The Morgan fingerprint density at radius 1 is 1.31 bits per heavy atom. The third kappa shape index (κ3) is 4.18. The minimum atomic E-state index is -0.813. The number of rotatable bonds is 6. The van der Waals surface area contributed by atoms with Crippen molar-refractivity contribution in [2.75, 3.05) is 20.6 Å². The maximum absolute atomic E-state index is 11.3. The summed E-state index contributed by atoms with van der Waals surface area (Å²) >= 11 is 0. The lowest BCUT2D eigenvalue weighted by Gasteiger charge is -2.29. The molecule has 0 saturated carbocycles. The highest BCUT2D eigenvalue weighted by molar-refractivity contribution is 5.78. The van der Waals surface area contributed by atoms with E-state index in [9.17, 15) is 9.59 Å². The Labute approximate surface area is 96.8 Å². The summed E-state index contributed by atoms with van der Waals surface area (Å²) in [4.78, 5) is 24.0. The summed E-state index contributed by atoms with van der Waals surface area (Å²) in [5.74, 6) is -1.42. The molecule has 0 saturated heterocycles. The Morgan fingerprint density at radius 2 is 1.81 bits per heavy atom. The van der Waals surface area contributed by atoms with E-state index in [0.717, 1.165) is 0 Å². The summed E-state index contributed by atoms with van der Waals surface area (Å²) in [6.07, 6.45) is 0. The van der Waals surface area contributed by atoms with Crippen LogP contribution in [0.4, 0.5) is 0 Å². The summed E-state index contributed by atoms with van der Waals surface area (Å²) in [6.45, 7) is 5.91. The Hall–Kier alpha value is -1.10. The van der Waals surface area contributed by atoms with Crippen LogP contribution < -0.4 is 5.32 Å². The molecule has 1 amide bonds. The van der Waals surface area contributed by atoms with Crippen molar-refractivity contribution in [3.63, 3.8) is 0 Å². The summed E-state index contributed by atoms with van der Waals surface area (Å²) in [5, 5.41) is 11.5. The number of aliphatic carboxylic acids is 1.